The monoisotopic (exact) mass is 799 g/mol. The second-order valence-electron chi connectivity index (χ2n) is 13.6. The fourth-order valence-electron chi connectivity index (χ4n) is 6.79. The first kappa shape index (κ1) is 38.2. The van der Waals surface area contributed by atoms with E-state index < -0.39 is 5.97 Å². The summed E-state index contributed by atoms with van der Waals surface area (Å²) in [5.41, 5.74) is 8.10. The molecule has 0 aliphatic heterocycles. The Morgan fingerprint density at radius 2 is 1.24 bits per heavy atom. The molecule has 2 aromatic heterocycles. The third kappa shape index (κ3) is 8.66. The van der Waals surface area contributed by atoms with Crippen molar-refractivity contribution in [3.63, 3.8) is 0 Å². The van der Waals surface area contributed by atoms with Gasteiger partial charge in [-0.25, -0.2) is 4.79 Å². The number of carbonyl (C=O) groups is 1. The van der Waals surface area contributed by atoms with Crippen molar-refractivity contribution in [2.24, 2.45) is 0 Å². The highest BCUT2D eigenvalue weighted by molar-refractivity contribution is 7.20. The molecule has 0 fully saturated rings. The molecule has 0 unspecified atom stereocenters. The molecule has 0 spiro atoms. The van der Waals surface area contributed by atoms with Crippen molar-refractivity contribution in [2.45, 2.75) is 26.6 Å². The first-order valence-corrected chi connectivity index (χ1v) is 20.1. The number of thiophene rings is 1. The fourth-order valence-corrected chi connectivity index (χ4v) is 8.18. The quantitative estimate of drug-likeness (QED) is 0.110. The molecule has 0 amide bonds. The smallest absolute Gasteiger partial charge is 0.336 e. The zero-order chi connectivity index (χ0) is 39.8. The molecule has 286 valence electrons. The van der Waals surface area contributed by atoms with E-state index in [9.17, 15) is 9.90 Å². The van der Waals surface area contributed by atoms with Gasteiger partial charge < -0.3 is 19.3 Å². The molecule has 1 N–H and O–H groups in total. The third-order valence-electron chi connectivity index (χ3n) is 9.77. The Kier molecular flexibility index (Phi) is 11.6. The number of rotatable bonds is 14. The van der Waals surface area contributed by atoms with Crippen LogP contribution in [0.4, 0.5) is 0 Å². The molecule has 0 radical (unpaired) electrons. The largest absolute Gasteiger partial charge is 0.485 e. The average molecular weight is 800 g/mol. The number of aryl methyl sites for hydroxylation is 1. The Balaban J connectivity index is 1.24. The molecule has 0 saturated heterocycles. The normalized spacial score (nSPS) is 11.4. The highest BCUT2D eigenvalue weighted by Gasteiger charge is 2.25. The van der Waals surface area contributed by atoms with Crippen LogP contribution < -0.4 is 14.2 Å². The fraction of sp³-hybridized carbons (Fsp3) is 0.0800. The van der Waals surface area contributed by atoms with Crippen LogP contribution >= 0.6 is 22.9 Å². The van der Waals surface area contributed by atoms with Crippen molar-refractivity contribution < 1.29 is 24.1 Å². The van der Waals surface area contributed by atoms with Crippen LogP contribution in [0, 0.1) is 0 Å². The number of halogens is 1. The van der Waals surface area contributed by atoms with Gasteiger partial charge in [-0.2, -0.15) is 0 Å². The summed E-state index contributed by atoms with van der Waals surface area (Å²) >= 11 is 7.78. The molecule has 58 heavy (non-hydrogen) atoms. The van der Waals surface area contributed by atoms with Crippen LogP contribution in [0.3, 0.4) is 0 Å². The van der Waals surface area contributed by atoms with Gasteiger partial charge in [-0.15, -0.1) is 11.3 Å². The number of hydrogen-bond acceptors (Lipinski definition) is 6. The number of aromatic nitrogens is 1. The van der Waals surface area contributed by atoms with Crippen LogP contribution in [0.5, 0.6) is 23.0 Å². The number of ether oxygens (including phenoxy) is 3. The predicted molar refractivity (Wildman–Crippen MR) is 235 cm³/mol. The minimum atomic E-state index is -1.03. The van der Waals surface area contributed by atoms with Gasteiger partial charge >= 0.3 is 5.97 Å². The standard InChI is InChI=1S/C50H38ClNO5S/c1-2-42-45(29-43(50(53)54)39-25-27-52-28-26-39)58-46-30-44(55-31-33-13-17-37(18-14-33)35-9-5-3-6-10-35)48(49(47(42)46)57-41-23-21-40(51)22-24-41)56-32-34-15-19-38(20-16-34)36-11-7-4-8-12-36/h3-30H,2,31-32H2,1H3,(H,53,54)/b43-29+. The number of aliphatic carboxylic acids is 1. The molecule has 0 saturated carbocycles. The van der Waals surface area contributed by atoms with Gasteiger partial charge in [0.1, 0.15) is 19.0 Å². The van der Waals surface area contributed by atoms with Crippen molar-refractivity contribution >= 4 is 50.6 Å². The first-order valence-electron chi connectivity index (χ1n) is 18.9. The van der Waals surface area contributed by atoms with E-state index in [4.69, 9.17) is 25.8 Å². The van der Waals surface area contributed by atoms with Crippen molar-refractivity contribution in [2.75, 3.05) is 0 Å². The zero-order valence-corrected chi connectivity index (χ0v) is 33.2. The molecule has 0 bridgehead atoms. The van der Waals surface area contributed by atoms with E-state index in [0.717, 1.165) is 53.9 Å². The highest BCUT2D eigenvalue weighted by Crippen LogP contribution is 2.51. The van der Waals surface area contributed by atoms with Crippen LogP contribution in [-0.4, -0.2) is 16.1 Å². The summed E-state index contributed by atoms with van der Waals surface area (Å²) in [7, 11) is 0. The minimum Gasteiger partial charge on any atom is -0.485 e. The number of nitrogens with zero attached hydrogens (tertiary/aromatic N) is 1. The SMILES string of the molecule is CCc1c(/C=C(/C(=O)O)c2ccncc2)sc2cc(OCc3ccc(-c4ccccc4)cc3)c(OCc3ccc(-c4ccccc4)cc3)c(Oc3ccc(Cl)cc3)c12. The van der Waals surface area contributed by atoms with E-state index in [1.807, 2.05) is 54.6 Å². The van der Waals surface area contributed by atoms with Gasteiger partial charge in [0.2, 0.25) is 5.75 Å². The number of carboxylic acids is 1. The maximum atomic E-state index is 12.6. The summed E-state index contributed by atoms with van der Waals surface area (Å²) in [6.07, 6.45) is 5.51. The van der Waals surface area contributed by atoms with Crippen LogP contribution in [0.1, 0.15) is 34.1 Å². The summed E-state index contributed by atoms with van der Waals surface area (Å²) in [6, 6.07) is 49.7. The molecule has 8 aromatic rings. The summed E-state index contributed by atoms with van der Waals surface area (Å²) in [4.78, 5) is 17.5. The van der Waals surface area contributed by atoms with Crippen LogP contribution in [0.25, 0.3) is 44.0 Å². The molecule has 6 aromatic carbocycles. The Labute approximate surface area is 346 Å². The summed E-state index contributed by atoms with van der Waals surface area (Å²) in [5, 5.41) is 11.7. The molecule has 2 heterocycles. The lowest BCUT2D eigenvalue weighted by Crippen LogP contribution is -2.03. The van der Waals surface area contributed by atoms with E-state index in [1.165, 1.54) is 11.3 Å². The topological polar surface area (TPSA) is 77.9 Å². The van der Waals surface area contributed by atoms with E-state index in [-0.39, 0.29) is 18.8 Å². The van der Waals surface area contributed by atoms with E-state index in [2.05, 4.69) is 84.7 Å². The van der Waals surface area contributed by atoms with Crippen molar-refractivity contribution in [3.05, 3.63) is 196 Å². The summed E-state index contributed by atoms with van der Waals surface area (Å²) in [5.74, 6) is 0.934. The van der Waals surface area contributed by atoms with Gasteiger partial charge in [-0.3, -0.25) is 4.98 Å². The lowest BCUT2D eigenvalue weighted by molar-refractivity contribution is -0.130. The Hall–Kier alpha value is -6.67. The zero-order valence-electron chi connectivity index (χ0n) is 31.6. The van der Waals surface area contributed by atoms with E-state index in [1.54, 1.807) is 42.7 Å². The summed E-state index contributed by atoms with van der Waals surface area (Å²) in [6.45, 7) is 2.56. The number of fused-ring (bicyclic) bond motifs is 1. The molecule has 8 rings (SSSR count). The molecular formula is C50H38ClNO5S. The second kappa shape index (κ2) is 17.6. The van der Waals surface area contributed by atoms with Crippen LogP contribution in [-0.2, 0) is 24.4 Å². The molecule has 6 nitrogen and oxygen atoms in total. The molecule has 8 heteroatoms. The van der Waals surface area contributed by atoms with E-state index in [0.29, 0.717) is 40.0 Å². The summed E-state index contributed by atoms with van der Waals surface area (Å²) < 4.78 is 21.1. The first-order chi connectivity index (χ1) is 28.4. The van der Waals surface area contributed by atoms with Crippen LogP contribution in [0.2, 0.25) is 5.02 Å². The molecule has 0 aliphatic rings. The van der Waals surface area contributed by atoms with Gasteiger partial charge in [-0.1, -0.05) is 128 Å². The van der Waals surface area contributed by atoms with Crippen molar-refractivity contribution in [1.82, 2.24) is 4.98 Å². The molecular weight excluding hydrogens is 762 g/mol. The predicted octanol–water partition coefficient (Wildman–Crippen LogP) is 13.4. The van der Waals surface area contributed by atoms with Gasteiger partial charge in [0.05, 0.1) is 5.57 Å². The Morgan fingerprint density at radius 1 is 0.690 bits per heavy atom. The Bertz CT molecular complexity index is 2680. The number of carboxylic acid groups (broad SMARTS) is 1. The lowest BCUT2D eigenvalue weighted by atomic mass is 10.0. The van der Waals surface area contributed by atoms with Gasteiger partial charge in [0.25, 0.3) is 0 Å². The van der Waals surface area contributed by atoms with E-state index >= 15 is 0 Å². The average Bonchev–Trinajstić information content (AvgIpc) is 3.63. The minimum absolute atomic E-state index is 0.162. The van der Waals surface area contributed by atoms with Gasteiger partial charge in [-0.05, 0) is 93.4 Å². The maximum Gasteiger partial charge on any atom is 0.336 e. The molecule has 0 aliphatic carbocycles. The van der Waals surface area contributed by atoms with Crippen molar-refractivity contribution in [1.29, 1.82) is 0 Å². The lowest BCUT2D eigenvalue weighted by Gasteiger charge is -2.19. The molecule has 0 atom stereocenters. The number of benzene rings is 6. The second-order valence-corrected chi connectivity index (χ2v) is 15.1. The van der Waals surface area contributed by atoms with Crippen molar-refractivity contribution in [3.8, 4) is 45.3 Å². The van der Waals surface area contributed by atoms with Gasteiger partial charge in [0.15, 0.2) is 11.5 Å². The number of pyridine rings is 1. The number of hydrogen-bond donors (Lipinski definition) is 1. The Morgan fingerprint density at radius 3 is 1.79 bits per heavy atom. The van der Waals surface area contributed by atoms with Gasteiger partial charge in [0, 0.05) is 38.4 Å². The third-order valence-corrected chi connectivity index (χ3v) is 11.1. The van der Waals surface area contributed by atoms with Crippen LogP contribution in [0.15, 0.2) is 164 Å². The maximum absolute atomic E-state index is 12.6. The highest BCUT2D eigenvalue weighted by atomic mass is 35.5.